The zero-order chi connectivity index (χ0) is 11.5. The fourth-order valence-corrected chi connectivity index (χ4v) is 1.58. The number of hydrogen-bond acceptors (Lipinski definition) is 2. The van der Waals surface area contributed by atoms with Gasteiger partial charge >= 0.3 is 0 Å². The van der Waals surface area contributed by atoms with Crippen LogP contribution in [0.3, 0.4) is 0 Å². The molecule has 2 aromatic rings. The second-order valence-corrected chi connectivity index (χ2v) is 3.89. The first kappa shape index (κ1) is 11.0. The predicted molar refractivity (Wildman–Crippen MR) is 62.2 cm³/mol. The first-order valence-electron chi connectivity index (χ1n) is 4.89. The Labute approximate surface area is 98.0 Å². The van der Waals surface area contributed by atoms with Crippen LogP contribution in [0.2, 0.25) is 5.02 Å². The number of anilines is 1. The van der Waals surface area contributed by atoms with E-state index in [1.165, 1.54) is 6.07 Å². The number of rotatable bonds is 3. The Morgan fingerprint density at radius 1 is 1.38 bits per heavy atom. The van der Waals surface area contributed by atoms with Gasteiger partial charge in [-0.2, -0.15) is 0 Å². The molecule has 2 nitrogen and oxygen atoms in total. The molecule has 0 unspecified atom stereocenters. The van der Waals surface area contributed by atoms with Crippen LogP contribution in [0, 0.1) is 12.7 Å². The molecule has 0 radical (unpaired) electrons. The van der Waals surface area contributed by atoms with Crippen molar-refractivity contribution in [2.45, 2.75) is 13.5 Å². The number of nitrogens with one attached hydrogen (secondary N) is 1. The van der Waals surface area contributed by atoms with Crippen LogP contribution in [0.4, 0.5) is 10.1 Å². The van der Waals surface area contributed by atoms with Crippen molar-refractivity contribution in [3.8, 4) is 0 Å². The van der Waals surface area contributed by atoms with Crippen molar-refractivity contribution in [1.82, 2.24) is 0 Å². The first-order valence-corrected chi connectivity index (χ1v) is 5.27. The fraction of sp³-hybridized carbons (Fsp3) is 0.167. The average molecular weight is 240 g/mol. The highest BCUT2D eigenvalue weighted by Gasteiger charge is 2.07. The summed E-state index contributed by atoms with van der Waals surface area (Å²) >= 11 is 5.67. The Hall–Kier alpha value is -1.48. The third-order valence-corrected chi connectivity index (χ3v) is 2.65. The van der Waals surface area contributed by atoms with Gasteiger partial charge < -0.3 is 9.73 Å². The molecule has 0 spiro atoms. The molecule has 0 aliphatic carbocycles. The Morgan fingerprint density at radius 2 is 2.19 bits per heavy atom. The van der Waals surface area contributed by atoms with E-state index in [1.807, 2.05) is 13.0 Å². The van der Waals surface area contributed by atoms with E-state index in [9.17, 15) is 4.39 Å². The van der Waals surface area contributed by atoms with E-state index in [0.29, 0.717) is 12.2 Å². The van der Waals surface area contributed by atoms with Gasteiger partial charge in [-0.05, 0) is 30.7 Å². The molecular weight excluding hydrogens is 229 g/mol. The van der Waals surface area contributed by atoms with Crippen LogP contribution in [0.5, 0.6) is 0 Å². The monoisotopic (exact) mass is 239 g/mol. The number of furan rings is 1. The SMILES string of the molecule is Cc1ccoc1CNc1cccc(Cl)c1F. The minimum Gasteiger partial charge on any atom is -0.467 e. The van der Waals surface area contributed by atoms with Crippen LogP contribution in [-0.4, -0.2) is 0 Å². The van der Waals surface area contributed by atoms with E-state index in [1.54, 1.807) is 18.4 Å². The molecule has 84 valence electrons. The summed E-state index contributed by atoms with van der Waals surface area (Å²) in [6.45, 7) is 2.38. The zero-order valence-electron chi connectivity index (χ0n) is 8.76. The van der Waals surface area contributed by atoms with E-state index in [2.05, 4.69) is 5.32 Å². The highest BCUT2D eigenvalue weighted by molar-refractivity contribution is 6.31. The van der Waals surface area contributed by atoms with Crippen LogP contribution in [0.15, 0.2) is 34.9 Å². The molecular formula is C12H11ClFNO. The maximum absolute atomic E-state index is 13.5. The van der Waals surface area contributed by atoms with Gasteiger partial charge in [0.05, 0.1) is 23.5 Å². The number of benzene rings is 1. The maximum Gasteiger partial charge on any atom is 0.164 e. The van der Waals surface area contributed by atoms with Crippen molar-refractivity contribution in [3.05, 3.63) is 52.7 Å². The lowest BCUT2D eigenvalue weighted by molar-refractivity contribution is 0.514. The molecule has 2 rings (SSSR count). The van der Waals surface area contributed by atoms with Gasteiger partial charge in [-0.1, -0.05) is 17.7 Å². The van der Waals surface area contributed by atoms with E-state index in [-0.39, 0.29) is 5.02 Å². The Balaban J connectivity index is 2.11. The number of halogens is 2. The van der Waals surface area contributed by atoms with Crippen LogP contribution in [0.25, 0.3) is 0 Å². The van der Waals surface area contributed by atoms with Crippen LogP contribution >= 0.6 is 11.6 Å². The first-order chi connectivity index (χ1) is 7.68. The molecule has 0 saturated carbocycles. The molecule has 0 aliphatic heterocycles. The van der Waals surface area contributed by atoms with Crippen molar-refractivity contribution in [2.24, 2.45) is 0 Å². The second kappa shape index (κ2) is 4.58. The van der Waals surface area contributed by atoms with Gasteiger partial charge in [-0.3, -0.25) is 0 Å². The van der Waals surface area contributed by atoms with Crippen LogP contribution < -0.4 is 5.32 Å². The zero-order valence-corrected chi connectivity index (χ0v) is 9.51. The van der Waals surface area contributed by atoms with Gasteiger partial charge in [-0.25, -0.2) is 4.39 Å². The molecule has 0 amide bonds. The maximum atomic E-state index is 13.5. The van der Waals surface area contributed by atoms with E-state index < -0.39 is 5.82 Å². The summed E-state index contributed by atoms with van der Waals surface area (Å²) in [5.74, 6) is 0.354. The summed E-state index contributed by atoms with van der Waals surface area (Å²) in [4.78, 5) is 0. The molecule has 16 heavy (non-hydrogen) atoms. The van der Waals surface area contributed by atoms with Crippen LogP contribution in [0.1, 0.15) is 11.3 Å². The lowest BCUT2D eigenvalue weighted by atomic mass is 10.2. The smallest absolute Gasteiger partial charge is 0.164 e. The van der Waals surface area contributed by atoms with E-state index >= 15 is 0 Å². The summed E-state index contributed by atoms with van der Waals surface area (Å²) < 4.78 is 18.7. The van der Waals surface area contributed by atoms with Gasteiger partial charge in [0.15, 0.2) is 5.82 Å². The minimum atomic E-state index is -0.437. The Kier molecular flexibility index (Phi) is 3.15. The molecule has 1 aromatic carbocycles. The fourth-order valence-electron chi connectivity index (χ4n) is 1.40. The highest BCUT2D eigenvalue weighted by atomic mass is 35.5. The van der Waals surface area contributed by atoms with Crippen LogP contribution in [-0.2, 0) is 6.54 Å². The van der Waals surface area contributed by atoms with Crippen molar-refractivity contribution in [2.75, 3.05) is 5.32 Å². The standard InChI is InChI=1S/C12H11ClFNO/c1-8-5-6-16-11(8)7-15-10-4-2-3-9(13)12(10)14/h2-6,15H,7H2,1H3. The average Bonchev–Trinajstić information content (AvgIpc) is 2.67. The molecule has 4 heteroatoms. The summed E-state index contributed by atoms with van der Waals surface area (Å²) in [7, 11) is 0. The quantitative estimate of drug-likeness (QED) is 0.876. The Morgan fingerprint density at radius 3 is 2.88 bits per heavy atom. The van der Waals surface area contributed by atoms with Crippen molar-refractivity contribution in [1.29, 1.82) is 0 Å². The number of aryl methyl sites for hydroxylation is 1. The van der Waals surface area contributed by atoms with Gasteiger partial charge in [0, 0.05) is 0 Å². The second-order valence-electron chi connectivity index (χ2n) is 3.48. The van der Waals surface area contributed by atoms with Crippen molar-refractivity contribution in [3.63, 3.8) is 0 Å². The largest absolute Gasteiger partial charge is 0.467 e. The molecule has 0 atom stereocenters. The van der Waals surface area contributed by atoms with Gasteiger partial charge in [0.1, 0.15) is 5.76 Å². The molecule has 0 fully saturated rings. The highest BCUT2D eigenvalue weighted by Crippen LogP contribution is 2.22. The Bertz CT molecular complexity index is 496. The predicted octanol–water partition coefficient (Wildman–Crippen LogP) is 3.99. The molecule has 0 bridgehead atoms. The summed E-state index contributed by atoms with van der Waals surface area (Å²) in [6, 6.07) is 6.72. The lowest BCUT2D eigenvalue weighted by Gasteiger charge is -2.07. The third kappa shape index (κ3) is 2.19. The summed E-state index contributed by atoms with van der Waals surface area (Å²) in [5.41, 5.74) is 1.42. The number of hydrogen-bond donors (Lipinski definition) is 1. The normalized spacial score (nSPS) is 10.4. The molecule has 1 N–H and O–H groups in total. The van der Waals surface area contributed by atoms with Crippen molar-refractivity contribution < 1.29 is 8.81 Å². The molecule has 1 heterocycles. The van der Waals surface area contributed by atoms with Crippen molar-refractivity contribution >= 4 is 17.3 Å². The van der Waals surface area contributed by atoms with Gasteiger partial charge in [0.25, 0.3) is 0 Å². The summed E-state index contributed by atoms with van der Waals surface area (Å²) in [5, 5.41) is 3.06. The topological polar surface area (TPSA) is 25.2 Å². The molecule has 0 saturated heterocycles. The van der Waals surface area contributed by atoms with Gasteiger partial charge in [-0.15, -0.1) is 0 Å². The summed E-state index contributed by atoms with van der Waals surface area (Å²) in [6.07, 6.45) is 1.61. The molecule has 0 aliphatic rings. The minimum absolute atomic E-state index is 0.112. The van der Waals surface area contributed by atoms with Gasteiger partial charge in [0.2, 0.25) is 0 Å². The lowest BCUT2D eigenvalue weighted by Crippen LogP contribution is -2.01. The van der Waals surface area contributed by atoms with E-state index in [4.69, 9.17) is 16.0 Å². The van der Waals surface area contributed by atoms with E-state index in [0.717, 1.165) is 11.3 Å². The third-order valence-electron chi connectivity index (χ3n) is 2.36. The molecule has 1 aromatic heterocycles.